The summed E-state index contributed by atoms with van der Waals surface area (Å²) < 4.78 is 0. The van der Waals surface area contributed by atoms with Crippen molar-refractivity contribution in [1.82, 2.24) is 9.80 Å². The van der Waals surface area contributed by atoms with E-state index in [1.165, 1.54) is 12.8 Å². The van der Waals surface area contributed by atoms with Crippen LogP contribution in [-0.2, 0) is 9.59 Å². The lowest BCUT2D eigenvalue weighted by Gasteiger charge is -2.36. The van der Waals surface area contributed by atoms with Gasteiger partial charge in [0.25, 0.3) is 0 Å². The van der Waals surface area contributed by atoms with Gasteiger partial charge in [0.15, 0.2) is 0 Å². The van der Waals surface area contributed by atoms with Gasteiger partial charge in [0.1, 0.15) is 0 Å². The Labute approximate surface area is 145 Å². The summed E-state index contributed by atoms with van der Waals surface area (Å²) in [5, 5.41) is 0. The molecule has 2 N–H and O–H groups in total. The van der Waals surface area contributed by atoms with Crippen LogP contribution < -0.4 is 5.73 Å². The Balaban J connectivity index is 1.57. The Hall–Kier alpha value is -1.10. The number of nitrogens with two attached hydrogens (primary N) is 1. The number of carbonyl (C=O) groups is 2. The van der Waals surface area contributed by atoms with E-state index < -0.39 is 0 Å². The third-order valence-corrected chi connectivity index (χ3v) is 6.45. The van der Waals surface area contributed by atoms with Gasteiger partial charge in [0.2, 0.25) is 11.8 Å². The first kappa shape index (κ1) is 17.7. The first-order chi connectivity index (χ1) is 11.5. The molecule has 24 heavy (non-hydrogen) atoms. The lowest BCUT2D eigenvalue weighted by molar-refractivity contribution is -0.137. The highest BCUT2D eigenvalue weighted by atomic mass is 16.2. The summed E-state index contributed by atoms with van der Waals surface area (Å²) in [4.78, 5) is 29.4. The van der Waals surface area contributed by atoms with Crippen LogP contribution in [0, 0.1) is 17.8 Å². The Bertz CT molecular complexity index is 471. The fourth-order valence-corrected chi connectivity index (χ4v) is 4.70. The Morgan fingerprint density at radius 1 is 1.17 bits per heavy atom. The van der Waals surface area contributed by atoms with Crippen LogP contribution in [0.5, 0.6) is 0 Å². The van der Waals surface area contributed by atoms with Crippen LogP contribution in [0.2, 0.25) is 0 Å². The summed E-state index contributed by atoms with van der Waals surface area (Å²) in [7, 11) is 0. The van der Waals surface area contributed by atoms with Gasteiger partial charge in [-0.25, -0.2) is 0 Å². The summed E-state index contributed by atoms with van der Waals surface area (Å²) in [6.07, 6.45) is 7.16. The molecule has 136 valence electrons. The molecule has 2 heterocycles. The number of rotatable bonds is 3. The fourth-order valence-electron chi connectivity index (χ4n) is 4.70. The topological polar surface area (TPSA) is 66.6 Å². The van der Waals surface area contributed by atoms with Gasteiger partial charge < -0.3 is 15.5 Å². The molecule has 0 aromatic carbocycles. The second-order valence-corrected chi connectivity index (χ2v) is 8.41. The second-order valence-electron chi connectivity index (χ2n) is 8.41. The van der Waals surface area contributed by atoms with E-state index in [1.54, 1.807) is 0 Å². The molecule has 1 saturated carbocycles. The summed E-state index contributed by atoms with van der Waals surface area (Å²) in [5.41, 5.74) is 6.04. The van der Waals surface area contributed by atoms with Gasteiger partial charge >= 0.3 is 0 Å². The van der Waals surface area contributed by atoms with E-state index in [0.717, 1.165) is 44.7 Å². The lowest BCUT2D eigenvalue weighted by Crippen LogP contribution is -2.47. The molecule has 3 unspecified atom stereocenters. The van der Waals surface area contributed by atoms with Crippen LogP contribution in [0.4, 0.5) is 0 Å². The van der Waals surface area contributed by atoms with Crippen LogP contribution in [0.1, 0.15) is 58.8 Å². The van der Waals surface area contributed by atoms with Gasteiger partial charge in [-0.05, 0) is 57.3 Å². The molecule has 3 atom stereocenters. The molecule has 0 bridgehead atoms. The van der Waals surface area contributed by atoms with Crippen molar-refractivity contribution >= 4 is 11.8 Å². The number of piperidine rings is 1. The molecule has 3 aliphatic rings. The largest absolute Gasteiger partial charge is 0.342 e. The van der Waals surface area contributed by atoms with Crippen molar-refractivity contribution in [3.05, 3.63) is 0 Å². The van der Waals surface area contributed by atoms with Crippen molar-refractivity contribution in [1.29, 1.82) is 0 Å². The average molecular weight is 335 g/mol. The van der Waals surface area contributed by atoms with E-state index in [-0.39, 0.29) is 23.8 Å². The van der Waals surface area contributed by atoms with Crippen LogP contribution in [0.3, 0.4) is 0 Å². The molecule has 0 spiro atoms. The van der Waals surface area contributed by atoms with Crippen LogP contribution in [0.15, 0.2) is 0 Å². The smallest absolute Gasteiger partial charge is 0.228 e. The van der Waals surface area contributed by atoms with E-state index >= 15 is 0 Å². The number of hydrogen-bond acceptors (Lipinski definition) is 3. The summed E-state index contributed by atoms with van der Waals surface area (Å²) in [5.74, 6) is 1.41. The van der Waals surface area contributed by atoms with Crippen LogP contribution >= 0.6 is 0 Å². The molecule has 0 radical (unpaired) electrons. The molecular formula is C19H33N3O2. The standard InChI is InChI=1S/C19H33N3O2/c1-13-5-7-17(8-6-13)22-12-16(10-18(22)23)19(24)21-9-3-4-15(11-21)14(2)20/h13-17H,3-12,20H2,1-2H3. The zero-order valence-electron chi connectivity index (χ0n) is 15.2. The average Bonchev–Trinajstić information content (AvgIpc) is 2.97. The fraction of sp³-hybridized carbons (Fsp3) is 0.895. The quantitative estimate of drug-likeness (QED) is 0.858. The van der Waals surface area contributed by atoms with Gasteiger partial charge in [0.05, 0.1) is 5.92 Å². The Morgan fingerprint density at radius 2 is 1.88 bits per heavy atom. The molecule has 0 aromatic rings. The Kier molecular flexibility index (Phi) is 5.48. The highest BCUT2D eigenvalue weighted by molar-refractivity contribution is 5.89. The van der Waals surface area contributed by atoms with Crippen LogP contribution in [0.25, 0.3) is 0 Å². The lowest BCUT2D eigenvalue weighted by atomic mass is 9.86. The third kappa shape index (κ3) is 3.76. The summed E-state index contributed by atoms with van der Waals surface area (Å²) >= 11 is 0. The monoisotopic (exact) mass is 335 g/mol. The van der Waals surface area contributed by atoms with Gasteiger partial charge in [-0.2, -0.15) is 0 Å². The van der Waals surface area contributed by atoms with Crippen molar-refractivity contribution in [3.8, 4) is 0 Å². The molecule has 2 aliphatic heterocycles. The molecule has 5 heteroatoms. The van der Waals surface area contributed by atoms with E-state index in [2.05, 4.69) is 6.92 Å². The SMILES string of the molecule is CC1CCC(N2CC(C(=O)N3CCCC(C(C)N)C3)CC2=O)CC1. The third-order valence-electron chi connectivity index (χ3n) is 6.45. The van der Waals surface area contributed by atoms with Crippen molar-refractivity contribution in [2.45, 2.75) is 70.9 Å². The van der Waals surface area contributed by atoms with E-state index in [1.807, 2.05) is 16.7 Å². The predicted octanol–water partition coefficient (Wildman–Crippen LogP) is 2.00. The van der Waals surface area contributed by atoms with Crippen molar-refractivity contribution in [2.75, 3.05) is 19.6 Å². The maximum Gasteiger partial charge on any atom is 0.228 e. The molecule has 2 amide bonds. The first-order valence-corrected chi connectivity index (χ1v) is 9.79. The predicted molar refractivity (Wildman–Crippen MR) is 94.2 cm³/mol. The highest BCUT2D eigenvalue weighted by Gasteiger charge is 2.41. The maximum absolute atomic E-state index is 12.9. The number of amides is 2. The molecule has 2 saturated heterocycles. The van der Waals surface area contributed by atoms with Crippen molar-refractivity contribution in [3.63, 3.8) is 0 Å². The number of carbonyl (C=O) groups excluding carboxylic acids is 2. The number of likely N-dealkylation sites (tertiary alicyclic amines) is 2. The molecule has 1 aliphatic carbocycles. The minimum absolute atomic E-state index is 0.131. The van der Waals surface area contributed by atoms with Crippen molar-refractivity contribution < 1.29 is 9.59 Å². The van der Waals surface area contributed by atoms with Gasteiger partial charge in [-0.1, -0.05) is 6.92 Å². The summed E-state index contributed by atoms with van der Waals surface area (Å²) in [6.45, 7) is 6.55. The molecule has 3 fully saturated rings. The molecule has 0 aromatic heterocycles. The minimum Gasteiger partial charge on any atom is -0.342 e. The Morgan fingerprint density at radius 3 is 2.54 bits per heavy atom. The van der Waals surface area contributed by atoms with E-state index in [4.69, 9.17) is 5.73 Å². The van der Waals surface area contributed by atoms with E-state index in [9.17, 15) is 9.59 Å². The van der Waals surface area contributed by atoms with Gasteiger partial charge in [-0.3, -0.25) is 9.59 Å². The van der Waals surface area contributed by atoms with Gasteiger partial charge in [-0.15, -0.1) is 0 Å². The van der Waals surface area contributed by atoms with Gasteiger partial charge in [0, 0.05) is 38.1 Å². The minimum atomic E-state index is -0.135. The second kappa shape index (κ2) is 7.42. The van der Waals surface area contributed by atoms with E-state index in [0.29, 0.717) is 24.9 Å². The van der Waals surface area contributed by atoms with Crippen molar-refractivity contribution in [2.24, 2.45) is 23.5 Å². The normalized spacial score (nSPS) is 36.0. The zero-order valence-corrected chi connectivity index (χ0v) is 15.2. The maximum atomic E-state index is 12.9. The molecular weight excluding hydrogens is 302 g/mol. The molecule has 5 nitrogen and oxygen atoms in total. The highest BCUT2D eigenvalue weighted by Crippen LogP contribution is 2.32. The summed E-state index contributed by atoms with van der Waals surface area (Å²) in [6, 6.07) is 0.496. The number of hydrogen-bond donors (Lipinski definition) is 1. The first-order valence-electron chi connectivity index (χ1n) is 9.79. The zero-order chi connectivity index (χ0) is 17.3. The van der Waals surface area contributed by atoms with Crippen LogP contribution in [-0.4, -0.2) is 53.3 Å². The number of nitrogens with zero attached hydrogens (tertiary/aromatic N) is 2. The molecule has 3 rings (SSSR count).